The monoisotopic (exact) mass is 328 g/mol. The molecule has 0 aliphatic heterocycles. The lowest BCUT2D eigenvalue weighted by Gasteiger charge is -2.35. The molecule has 0 saturated heterocycles. The minimum Gasteiger partial charge on any atom is -0.260 e. The molecule has 1 rings (SSSR count). The predicted molar refractivity (Wildman–Crippen MR) is 34.4 cm³/mol. The summed E-state index contributed by atoms with van der Waals surface area (Å²) >= 11 is 0. The van der Waals surface area contributed by atoms with E-state index in [-0.39, 0.29) is 0 Å². The summed E-state index contributed by atoms with van der Waals surface area (Å²) in [5.41, 5.74) is -7.18. The van der Waals surface area contributed by atoms with Gasteiger partial charge >= 0.3 is 35.9 Å². The van der Waals surface area contributed by atoms with E-state index in [0.717, 1.165) is 0 Å². The molecule has 1 fully saturated rings. The van der Waals surface area contributed by atoms with Crippen LogP contribution in [0, 0.1) is 5.41 Å². The van der Waals surface area contributed by atoms with Crippen LogP contribution < -0.4 is 0 Å². The zero-order valence-electron chi connectivity index (χ0n) is 8.44. The minimum absolute atomic E-state index is 4.74. The fourth-order valence-electron chi connectivity index (χ4n) is 1.78. The average Bonchev–Trinajstić information content (AvgIpc) is 2.17. The summed E-state index contributed by atoms with van der Waals surface area (Å²) in [5, 5.41) is 0. The molecule has 1 aliphatic carbocycles. The smallest absolute Gasteiger partial charge is 0.260 e. The lowest BCUT2D eigenvalue weighted by atomic mass is 9.79. The normalized spacial score (nSPS) is 29.2. The summed E-state index contributed by atoms with van der Waals surface area (Å²) < 4.78 is 151. The number of carbonyl (C=O) groups is 1. The molecule has 0 aromatic heterocycles. The summed E-state index contributed by atoms with van der Waals surface area (Å²) in [6, 6.07) is -4.74. The van der Waals surface area contributed by atoms with Gasteiger partial charge in [-0.2, -0.15) is 52.7 Å². The fourth-order valence-corrected chi connectivity index (χ4v) is 1.78. The molecule has 0 unspecified atom stereocenters. The fraction of sp³-hybridized carbons (Fsp3) is 0.857. The Labute approximate surface area is 100 Å². The van der Waals surface area contributed by atoms with E-state index < -0.39 is 41.3 Å². The Bertz CT molecular complexity index is 419. The molecule has 1 saturated carbocycles. The molecule has 0 spiro atoms. The highest BCUT2D eigenvalue weighted by atomic mass is 19.4. The van der Waals surface area contributed by atoms with Crippen LogP contribution in [0.5, 0.6) is 0 Å². The quantitative estimate of drug-likeness (QED) is 0.531. The predicted octanol–water partition coefficient (Wildman–Crippen LogP) is 3.59. The van der Waals surface area contributed by atoms with Crippen LogP contribution in [0.3, 0.4) is 0 Å². The second-order valence-electron chi connectivity index (χ2n) is 3.82. The molecule has 0 bridgehead atoms. The van der Waals surface area contributed by atoms with Crippen LogP contribution in [-0.2, 0) is 4.79 Å². The van der Waals surface area contributed by atoms with Gasteiger partial charge in [-0.15, -0.1) is 0 Å². The molecule has 0 heterocycles. The third-order valence-corrected chi connectivity index (χ3v) is 2.85. The summed E-state index contributed by atoms with van der Waals surface area (Å²) in [5.74, 6) is -29.4. The maximum atomic E-state index is 12.9. The van der Waals surface area contributed by atoms with Gasteiger partial charge in [0.2, 0.25) is 0 Å². The molecular weight excluding hydrogens is 328 g/mol. The molecule has 0 aromatic rings. The van der Waals surface area contributed by atoms with Gasteiger partial charge < -0.3 is 0 Å². The van der Waals surface area contributed by atoms with Gasteiger partial charge in [-0.3, -0.25) is 4.79 Å². The molecule has 20 heavy (non-hydrogen) atoms. The van der Waals surface area contributed by atoms with Crippen molar-refractivity contribution < 1.29 is 57.5 Å². The Morgan fingerprint density at radius 1 is 0.650 bits per heavy atom. The first-order chi connectivity index (χ1) is 8.44. The number of halogens is 12. The molecule has 0 radical (unpaired) electrons. The third kappa shape index (κ3) is 1.22. The van der Waals surface area contributed by atoms with Crippen LogP contribution in [0.15, 0.2) is 0 Å². The minimum atomic E-state index is -7.41. The SMILES string of the molecule is O=C(F)C1(C(F)(F)F)C(F)(F)C(F)(F)C(F)(F)C1(F)F. The van der Waals surface area contributed by atoms with E-state index >= 15 is 0 Å². The highest BCUT2D eigenvalue weighted by Crippen LogP contribution is 2.75. The Morgan fingerprint density at radius 2 is 0.900 bits per heavy atom. The molecule has 0 aromatic carbocycles. The van der Waals surface area contributed by atoms with Crippen LogP contribution >= 0.6 is 0 Å². The van der Waals surface area contributed by atoms with Gasteiger partial charge in [-0.1, -0.05) is 0 Å². The maximum Gasteiger partial charge on any atom is 0.416 e. The second kappa shape index (κ2) is 3.53. The number of alkyl halides is 11. The maximum absolute atomic E-state index is 12.9. The van der Waals surface area contributed by atoms with E-state index in [1.54, 1.807) is 0 Å². The molecular formula is C7F12O. The topological polar surface area (TPSA) is 17.1 Å². The molecule has 0 amide bonds. The summed E-state index contributed by atoms with van der Waals surface area (Å²) in [6.45, 7) is 0. The van der Waals surface area contributed by atoms with Crippen LogP contribution in [0.1, 0.15) is 0 Å². The lowest BCUT2D eigenvalue weighted by molar-refractivity contribution is -0.347. The molecule has 0 N–H and O–H groups in total. The summed E-state index contributed by atoms with van der Waals surface area (Å²) in [7, 11) is 0. The van der Waals surface area contributed by atoms with Crippen molar-refractivity contribution in [3.8, 4) is 0 Å². The second-order valence-corrected chi connectivity index (χ2v) is 3.82. The largest absolute Gasteiger partial charge is 0.416 e. The van der Waals surface area contributed by atoms with Crippen LogP contribution in [0.25, 0.3) is 0 Å². The third-order valence-electron chi connectivity index (χ3n) is 2.85. The van der Waals surface area contributed by atoms with Crippen molar-refractivity contribution in [3.05, 3.63) is 0 Å². The molecule has 1 aliphatic rings. The average molecular weight is 328 g/mol. The first kappa shape index (κ1) is 16.9. The van der Waals surface area contributed by atoms with Gasteiger partial charge in [0.1, 0.15) is 0 Å². The van der Waals surface area contributed by atoms with Crippen molar-refractivity contribution >= 4 is 6.04 Å². The van der Waals surface area contributed by atoms with E-state index in [4.69, 9.17) is 0 Å². The van der Waals surface area contributed by atoms with Gasteiger partial charge in [-0.05, 0) is 0 Å². The van der Waals surface area contributed by atoms with Gasteiger partial charge in [0.15, 0.2) is 0 Å². The standard InChI is InChI=1S/C7F12O/c8-1(20)2(7(17,18)19)3(9,10)5(13,14)6(15,16)4(2,11)12. The van der Waals surface area contributed by atoms with Crippen LogP contribution in [0.4, 0.5) is 52.7 Å². The van der Waals surface area contributed by atoms with E-state index in [9.17, 15) is 57.5 Å². The number of carbonyl (C=O) groups excluding carboxylic acids is 1. The Kier molecular flexibility index (Phi) is 2.98. The molecule has 118 valence electrons. The Morgan fingerprint density at radius 3 is 1.00 bits per heavy atom. The van der Waals surface area contributed by atoms with E-state index in [2.05, 4.69) is 0 Å². The first-order valence-corrected chi connectivity index (χ1v) is 4.22. The number of hydrogen-bond donors (Lipinski definition) is 0. The van der Waals surface area contributed by atoms with Crippen molar-refractivity contribution in [1.82, 2.24) is 0 Å². The number of rotatable bonds is 1. The van der Waals surface area contributed by atoms with Gasteiger partial charge in [0.05, 0.1) is 0 Å². The zero-order valence-corrected chi connectivity index (χ0v) is 8.44. The highest BCUT2D eigenvalue weighted by Gasteiger charge is 3.07. The van der Waals surface area contributed by atoms with Crippen molar-refractivity contribution in [2.24, 2.45) is 5.41 Å². The van der Waals surface area contributed by atoms with Crippen LogP contribution in [0.2, 0.25) is 0 Å². The van der Waals surface area contributed by atoms with Crippen molar-refractivity contribution in [2.75, 3.05) is 0 Å². The first-order valence-electron chi connectivity index (χ1n) is 4.22. The summed E-state index contributed by atoms with van der Waals surface area (Å²) in [6.07, 6.45) is -7.41. The van der Waals surface area contributed by atoms with Gasteiger partial charge in [-0.25, -0.2) is 0 Å². The Hall–Kier alpha value is -1.17. The van der Waals surface area contributed by atoms with E-state index in [1.165, 1.54) is 0 Å². The molecule has 1 nitrogen and oxygen atoms in total. The van der Waals surface area contributed by atoms with E-state index in [1.807, 2.05) is 0 Å². The van der Waals surface area contributed by atoms with Crippen molar-refractivity contribution in [2.45, 2.75) is 29.9 Å². The van der Waals surface area contributed by atoms with Crippen molar-refractivity contribution in [3.63, 3.8) is 0 Å². The van der Waals surface area contributed by atoms with E-state index in [0.29, 0.717) is 0 Å². The zero-order chi connectivity index (χ0) is 16.6. The Balaban J connectivity index is 3.99. The van der Waals surface area contributed by atoms with Crippen molar-refractivity contribution in [1.29, 1.82) is 0 Å². The van der Waals surface area contributed by atoms with Crippen LogP contribution in [-0.4, -0.2) is 35.9 Å². The number of hydrogen-bond acceptors (Lipinski definition) is 1. The van der Waals surface area contributed by atoms with Gasteiger partial charge in [0.25, 0.3) is 5.41 Å². The lowest BCUT2D eigenvalue weighted by Crippen LogP contribution is -2.64. The summed E-state index contributed by atoms with van der Waals surface area (Å²) in [4.78, 5) is 10.0. The molecule has 13 heteroatoms. The van der Waals surface area contributed by atoms with Gasteiger partial charge in [0, 0.05) is 0 Å². The highest BCUT2D eigenvalue weighted by molar-refractivity contribution is 5.81. The molecule has 0 atom stereocenters.